The smallest absolute Gasteiger partial charge is 0.358 e. The summed E-state index contributed by atoms with van der Waals surface area (Å²) in [5, 5.41) is 16.8. The van der Waals surface area contributed by atoms with Crippen molar-refractivity contribution in [3.8, 4) is 0 Å². The number of nitrogens with zero attached hydrogens (tertiary/aromatic N) is 4. The van der Waals surface area contributed by atoms with Crippen molar-refractivity contribution in [2.75, 3.05) is 13.1 Å². The van der Waals surface area contributed by atoms with E-state index < -0.39 is 5.97 Å². The quantitative estimate of drug-likeness (QED) is 0.862. The van der Waals surface area contributed by atoms with E-state index in [-0.39, 0.29) is 18.1 Å². The molecule has 7 heteroatoms. The predicted octanol–water partition coefficient (Wildman–Crippen LogP) is 1.58. The zero-order valence-corrected chi connectivity index (χ0v) is 13.3. The van der Waals surface area contributed by atoms with Crippen LogP contribution < -0.4 is 0 Å². The van der Waals surface area contributed by atoms with Gasteiger partial charge in [-0.3, -0.25) is 4.79 Å². The lowest BCUT2D eigenvalue weighted by molar-refractivity contribution is -0.133. The van der Waals surface area contributed by atoms with E-state index in [9.17, 15) is 14.7 Å². The van der Waals surface area contributed by atoms with E-state index in [1.54, 1.807) is 0 Å². The van der Waals surface area contributed by atoms with E-state index in [0.29, 0.717) is 18.0 Å². The minimum absolute atomic E-state index is 0.00788. The lowest BCUT2D eigenvalue weighted by Gasteiger charge is -2.30. The Balaban J connectivity index is 2.08. The van der Waals surface area contributed by atoms with E-state index in [2.05, 4.69) is 17.2 Å². The van der Waals surface area contributed by atoms with Crippen molar-refractivity contribution in [2.24, 2.45) is 5.92 Å². The maximum Gasteiger partial charge on any atom is 0.358 e. The summed E-state index contributed by atoms with van der Waals surface area (Å²) in [6.45, 7) is 5.85. The fourth-order valence-electron chi connectivity index (χ4n) is 2.70. The van der Waals surface area contributed by atoms with Crippen LogP contribution in [-0.4, -0.2) is 50.0 Å². The monoisotopic (exact) mass is 308 g/mol. The normalized spacial score (nSPS) is 16.0. The van der Waals surface area contributed by atoms with Gasteiger partial charge >= 0.3 is 5.97 Å². The Hall–Kier alpha value is -1.92. The van der Waals surface area contributed by atoms with Crippen LogP contribution in [-0.2, 0) is 17.8 Å². The van der Waals surface area contributed by atoms with E-state index in [1.807, 2.05) is 11.8 Å². The van der Waals surface area contributed by atoms with E-state index in [0.717, 1.165) is 38.8 Å². The summed E-state index contributed by atoms with van der Waals surface area (Å²) in [6, 6.07) is 0. The topological polar surface area (TPSA) is 88.3 Å². The molecule has 1 N–H and O–H groups in total. The van der Waals surface area contributed by atoms with Gasteiger partial charge in [0.25, 0.3) is 0 Å². The number of carbonyl (C=O) groups excluding carboxylic acids is 1. The summed E-state index contributed by atoms with van der Waals surface area (Å²) in [6.07, 6.45) is 4.42. The van der Waals surface area contributed by atoms with Gasteiger partial charge in [-0.15, -0.1) is 5.10 Å². The van der Waals surface area contributed by atoms with E-state index in [1.165, 1.54) is 4.68 Å². The molecule has 0 aliphatic carbocycles. The number of hydrogen-bond acceptors (Lipinski definition) is 4. The van der Waals surface area contributed by atoms with Gasteiger partial charge in [-0.25, -0.2) is 9.48 Å². The average Bonchev–Trinajstić information content (AvgIpc) is 2.88. The molecule has 0 spiro atoms. The number of aromatic carboxylic acids is 1. The number of hydrogen-bond donors (Lipinski definition) is 1. The van der Waals surface area contributed by atoms with Crippen molar-refractivity contribution in [1.82, 2.24) is 19.9 Å². The van der Waals surface area contributed by atoms with Crippen LogP contribution in [0.2, 0.25) is 0 Å². The number of aromatic nitrogens is 3. The average molecular weight is 308 g/mol. The Labute approximate surface area is 130 Å². The van der Waals surface area contributed by atoms with Gasteiger partial charge in [-0.2, -0.15) is 0 Å². The van der Waals surface area contributed by atoms with Crippen molar-refractivity contribution in [2.45, 2.75) is 52.5 Å². The largest absolute Gasteiger partial charge is 0.476 e. The number of carboxylic acids is 1. The molecular weight excluding hydrogens is 284 g/mol. The lowest BCUT2D eigenvalue weighted by Crippen LogP contribution is -2.40. The molecular formula is C15H24N4O3. The third kappa shape index (κ3) is 3.84. The molecule has 2 heterocycles. The first-order valence-electron chi connectivity index (χ1n) is 7.96. The molecule has 1 amide bonds. The number of piperidine rings is 1. The van der Waals surface area contributed by atoms with Crippen molar-refractivity contribution in [3.05, 3.63) is 11.4 Å². The summed E-state index contributed by atoms with van der Waals surface area (Å²) in [5.41, 5.74) is 0.515. The number of carbonyl (C=O) groups is 2. The number of amides is 1. The Kier molecular flexibility index (Phi) is 5.51. The lowest BCUT2D eigenvalue weighted by atomic mass is 9.99. The first kappa shape index (κ1) is 16.5. The molecule has 0 atom stereocenters. The molecule has 1 fully saturated rings. The summed E-state index contributed by atoms with van der Waals surface area (Å²) in [4.78, 5) is 25.4. The van der Waals surface area contributed by atoms with Crippen molar-refractivity contribution < 1.29 is 14.7 Å². The molecule has 7 nitrogen and oxygen atoms in total. The Morgan fingerprint density at radius 3 is 2.59 bits per heavy atom. The molecule has 0 saturated carbocycles. The van der Waals surface area contributed by atoms with E-state index in [4.69, 9.17) is 0 Å². The van der Waals surface area contributed by atoms with Crippen molar-refractivity contribution in [3.63, 3.8) is 0 Å². The Morgan fingerprint density at radius 2 is 2.00 bits per heavy atom. The highest BCUT2D eigenvalue weighted by Crippen LogP contribution is 2.17. The highest BCUT2D eigenvalue weighted by Gasteiger charge is 2.24. The molecule has 0 unspecified atom stereocenters. The van der Waals surface area contributed by atoms with Crippen LogP contribution in [0.15, 0.2) is 0 Å². The van der Waals surface area contributed by atoms with Gasteiger partial charge in [0, 0.05) is 13.1 Å². The Bertz CT molecular complexity index is 533. The fourth-order valence-corrected chi connectivity index (χ4v) is 2.70. The molecule has 0 radical (unpaired) electrons. The van der Waals surface area contributed by atoms with Crippen LogP contribution >= 0.6 is 0 Å². The number of carboxylic acid groups (broad SMARTS) is 1. The van der Waals surface area contributed by atoms with Crippen molar-refractivity contribution in [1.29, 1.82) is 0 Å². The Morgan fingerprint density at radius 1 is 1.32 bits per heavy atom. The summed E-state index contributed by atoms with van der Waals surface area (Å²) >= 11 is 0. The van der Waals surface area contributed by atoms with Crippen LogP contribution in [0, 0.1) is 5.92 Å². The fraction of sp³-hybridized carbons (Fsp3) is 0.733. The number of unbranched alkanes of at least 4 members (excludes halogenated alkanes) is 1. The third-order valence-corrected chi connectivity index (χ3v) is 4.23. The van der Waals surface area contributed by atoms with Crippen LogP contribution in [0.4, 0.5) is 0 Å². The highest BCUT2D eigenvalue weighted by atomic mass is 16.4. The molecule has 0 bridgehead atoms. The molecule has 122 valence electrons. The third-order valence-electron chi connectivity index (χ3n) is 4.23. The molecule has 22 heavy (non-hydrogen) atoms. The zero-order chi connectivity index (χ0) is 16.1. The van der Waals surface area contributed by atoms with Crippen LogP contribution in [0.1, 0.15) is 55.7 Å². The molecule has 1 saturated heterocycles. The first-order chi connectivity index (χ1) is 10.5. The number of likely N-dealkylation sites (tertiary alicyclic amines) is 1. The summed E-state index contributed by atoms with van der Waals surface area (Å²) < 4.78 is 1.46. The van der Waals surface area contributed by atoms with Gasteiger partial charge in [-0.05, 0) is 31.6 Å². The highest BCUT2D eigenvalue weighted by molar-refractivity contribution is 5.86. The van der Waals surface area contributed by atoms with Gasteiger partial charge in [0.2, 0.25) is 5.91 Å². The summed E-state index contributed by atoms with van der Waals surface area (Å²) in [7, 11) is 0. The van der Waals surface area contributed by atoms with Gasteiger partial charge in [-0.1, -0.05) is 25.5 Å². The van der Waals surface area contributed by atoms with Gasteiger partial charge in [0.1, 0.15) is 6.54 Å². The maximum atomic E-state index is 12.4. The zero-order valence-electron chi connectivity index (χ0n) is 13.3. The minimum Gasteiger partial charge on any atom is -0.476 e. The molecule has 1 aromatic rings. The van der Waals surface area contributed by atoms with Crippen LogP contribution in [0.5, 0.6) is 0 Å². The molecule has 1 aromatic heterocycles. The molecule has 1 aliphatic heterocycles. The molecule has 2 rings (SSSR count). The second kappa shape index (κ2) is 7.38. The second-order valence-corrected chi connectivity index (χ2v) is 6.01. The minimum atomic E-state index is -1.09. The summed E-state index contributed by atoms with van der Waals surface area (Å²) in [5.74, 6) is -0.433. The predicted molar refractivity (Wildman–Crippen MR) is 80.6 cm³/mol. The molecule has 1 aliphatic rings. The SMILES string of the molecule is CCCCc1c(C(=O)O)nnn1CC(=O)N1CCC(C)CC1. The van der Waals surface area contributed by atoms with Gasteiger partial charge in [0.05, 0.1) is 5.69 Å². The van der Waals surface area contributed by atoms with Gasteiger partial charge in [0.15, 0.2) is 5.69 Å². The maximum absolute atomic E-state index is 12.4. The standard InChI is InChI=1S/C15H24N4O3/c1-3-4-5-12-14(15(21)22)16-17-19(12)10-13(20)18-8-6-11(2)7-9-18/h11H,3-10H2,1-2H3,(H,21,22). The molecule has 0 aromatic carbocycles. The number of rotatable bonds is 6. The first-order valence-corrected chi connectivity index (χ1v) is 7.96. The van der Waals surface area contributed by atoms with Crippen molar-refractivity contribution >= 4 is 11.9 Å². The van der Waals surface area contributed by atoms with E-state index >= 15 is 0 Å². The van der Waals surface area contributed by atoms with Crippen LogP contribution in [0.3, 0.4) is 0 Å². The van der Waals surface area contributed by atoms with Crippen LogP contribution in [0.25, 0.3) is 0 Å². The van der Waals surface area contributed by atoms with Gasteiger partial charge < -0.3 is 10.0 Å². The second-order valence-electron chi connectivity index (χ2n) is 6.01.